The summed E-state index contributed by atoms with van der Waals surface area (Å²) in [6.07, 6.45) is 9.43. The van der Waals surface area contributed by atoms with Crippen LogP contribution in [0.5, 0.6) is 0 Å². The summed E-state index contributed by atoms with van der Waals surface area (Å²) in [7, 11) is 0. The van der Waals surface area contributed by atoms with Gasteiger partial charge in [0, 0.05) is 11.7 Å². The van der Waals surface area contributed by atoms with Crippen molar-refractivity contribution in [1.82, 2.24) is 0 Å². The van der Waals surface area contributed by atoms with Crippen LogP contribution in [-0.4, -0.2) is 6.04 Å². The van der Waals surface area contributed by atoms with Gasteiger partial charge in [-0.1, -0.05) is 44.2 Å². The van der Waals surface area contributed by atoms with Crippen molar-refractivity contribution < 1.29 is 0 Å². The van der Waals surface area contributed by atoms with Crippen molar-refractivity contribution in [2.75, 3.05) is 5.32 Å². The number of rotatable bonds is 3. The fourth-order valence-electron chi connectivity index (χ4n) is 2.88. The summed E-state index contributed by atoms with van der Waals surface area (Å²) >= 11 is 0. The van der Waals surface area contributed by atoms with Crippen LogP contribution >= 0.6 is 0 Å². The van der Waals surface area contributed by atoms with E-state index in [1.165, 1.54) is 50.6 Å². The minimum Gasteiger partial charge on any atom is -0.382 e. The Balaban J connectivity index is 1.98. The van der Waals surface area contributed by atoms with Gasteiger partial charge in [0.25, 0.3) is 0 Å². The summed E-state index contributed by atoms with van der Waals surface area (Å²) < 4.78 is 0. The first-order valence-electron chi connectivity index (χ1n) is 7.90. The van der Waals surface area contributed by atoms with E-state index in [-0.39, 0.29) is 0 Å². The van der Waals surface area contributed by atoms with Gasteiger partial charge in [-0.15, -0.1) is 0 Å². The molecule has 1 fully saturated rings. The van der Waals surface area contributed by atoms with E-state index in [1.54, 1.807) is 0 Å². The minimum absolute atomic E-state index is 0.404. The van der Waals surface area contributed by atoms with Crippen LogP contribution < -0.4 is 5.32 Å². The molecule has 0 atom stereocenters. The van der Waals surface area contributed by atoms with Crippen LogP contribution in [0.2, 0.25) is 0 Å². The standard InChI is InChI=1S/C18H26N2/c1-18(2,14-19)15-10-12-17(13-11-15)20-16-8-6-4-3-5-7-9-16/h10-13,16,20H,3-9H2,1-2H3. The van der Waals surface area contributed by atoms with Gasteiger partial charge in [-0.3, -0.25) is 0 Å². The molecule has 0 radical (unpaired) electrons. The predicted octanol–water partition coefficient (Wildman–Crippen LogP) is 5.01. The lowest BCUT2D eigenvalue weighted by Crippen LogP contribution is -2.20. The van der Waals surface area contributed by atoms with Crippen molar-refractivity contribution in [2.45, 2.75) is 70.3 Å². The first kappa shape index (κ1) is 14.9. The van der Waals surface area contributed by atoms with E-state index in [0.717, 1.165) is 5.56 Å². The van der Waals surface area contributed by atoms with Crippen LogP contribution in [0.1, 0.15) is 64.4 Å². The van der Waals surface area contributed by atoms with Gasteiger partial charge in [-0.25, -0.2) is 0 Å². The number of nitrogens with one attached hydrogen (secondary N) is 1. The molecular weight excluding hydrogens is 244 g/mol. The third-order valence-corrected chi connectivity index (χ3v) is 4.36. The van der Waals surface area contributed by atoms with Crippen LogP contribution in [0.25, 0.3) is 0 Å². The molecule has 0 amide bonds. The van der Waals surface area contributed by atoms with Gasteiger partial charge in [0.1, 0.15) is 0 Å². The van der Waals surface area contributed by atoms with Crippen molar-refractivity contribution in [2.24, 2.45) is 0 Å². The van der Waals surface area contributed by atoms with E-state index in [2.05, 4.69) is 35.7 Å². The fraction of sp³-hybridized carbons (Fsp3) is 0.611. The molecule has 1 aliphatic carbocycles. The molecule has 1 N–H and O–H groups in total. The molecule has 1 saturated carbocycles. The van der Waals surface area contributed by atoms with Gasteiger partial charge >= 0.3 is 0 Å². The van der Waals surface area contributed by atoms with E-state index in [9.17, 15) is 5.26 Å². The van der Waals surface area contributed by atoms with Crippen LogP contribution in [0.3, 0.4) is 0 Å². The molecule has 0 bridgehead atoms. The Morgan fingerprint density at radius 1 is 1.00 bits per heavy atom. The second kappa shape index (κ2) is 6.79. The molecule has 0 unspecified atom stereocenters. The van der Waals surface area contributed by atoms with Gasteiger partial charge < -0.3 is 5.32 Å². The second-order valence-corrected chi connectivity index (χ2v) is 6.50. The average Bonchev–Trinajstić information content (AvgIpc) is 2.42. The highest BCUT2D eigenvalue weighted by atomic mass is 14.9. The average molecular weight is 270 g/mol. The summed E-state index contributed by atoms with van der Waals surface area (Å²) in [6.45, 7) is 3.93. The Bertz CT molecular complexity index is 445. The van der Waals surface area contributed by atoms with Crippen molar-refractivity contribution >= 4 is 5.69 Å². The molecule has 108 valence electrons. The van der Waals surface area contributed by atoms with Gasteiger partial charge in [0.05, 0.1) is 11.5 Å². The van der Waals surface area contributed by atoms with Gasteiger partial charge in [-0.2, -0.15) is 5.26 Å². The Labute approximate surface area is 123 Å². The van der Waals surface area contributed by atoms with Crippen molar-refractivity contribution in [3.63, 3.8) is 0 Å². The lowest BCUT2D eigenvalue weighted by Gasteiger charge is -2.23. The highest BCUT2D eigenvalue weighted by Crippen LogP contribution is 2.25. The van der Waals surface area contributed by atoms with E-state index >= 15 is 0 Å². The molecule has 0 aliphatic heterocycles. The molecule has 2 nitrogen and oxygen atoms in total. The molecule has 1 aromatic rings. The van der Waals surface area contributed by atoms with Crippen LogP contribution in [0, 0.1) is 11.3 Å². The fourth-order valence-corrected chi connectivity index (χ4v) is 2.88. The van der Waals surface area contributed by atoms with Crippen molar-refractivity contribution in [3.05, 3.63) is 29.8 Å². The zero-order valence-electron chi connectivity index (χ0n) is 12.8. The number of nitriles is 1. The number of anilines is 1. The maximum atomic E-state index is 9.17. The summed E-state index contributed by atoms with van der Waals surface area (Å²) in [5.41, 5.74) is 1.87. The number of hydrogen-bond donors (Lipinski definition) is 1. The lowest BCUT2D eigenvalue weighted by molar-refractivity contribution is 0.471. The van der Waals surface area contributed by atoms with Gasteiger partial charge in [0.2, 0.25) is 0 Å². The highest BCUT2D eigenvalue weighted by molar-refractivity contribution is 5.47. The van der Waals surface area contributed by atoms with E-state index in [0.29, 0.717) is 6.04 Å². The third-order valence-electron chi connectivity index (χ3n) is 4.36. The SMILES string of the molecule is CC(C)(C#N)c1ccc(NC2CCCCCCC2)cc1. The first-order chi connectivity index (χ1) is 9.62. The summed E-state index contributed by atoms with van der Waals surface area (Å²) in [4.78, 5) is 0. The Hall–Kier alpha value is -1.49. The molecule has 20 heavy (non-hydrogen) atoms. The first-order valence-corrected chi connectivity index (χ1v) is 7.90. The Morgan fingerprint density at radius 3 is 2.10 bits per heavy atom. The molecule has 0 heterocycles. The normalized spacial score (nSPS) is 17.9. The largest absolute Gasteiger partial charge is 0.382 e. The Kier molecular flexibility index (Phi) is 5.06. The molecule has 1 aliphatic rings. The second-order valence-electron chi connectivity index (χ2n) is 6.50. The smallest absolute Gasteiger partial charge is 0.0766 e. The molecular formula is C18H26N2. The molecule has 2 rings (SSSR count). The van der Waals surface area contributed by atoms with Crippen LogP contribution in [0.4, 0.5) is 5.69 Å². The molecule has 0 spiro atoms. The maximum absolute atomic E-state index is 9.17. The van der Waals surface area contributed by atoms with Gasteiger partial charge in [-0.05, 0) is 44.4 Å². The number of nitrogens with zero attached hydrogens (tertiary/aromatic N) is 1. The van der Waals surface area contributed by atoms with Crippen LogP contribution in [0.15, 0.2) is 24.3 Å². The van der Waals surface area contributed by atoms with Crippen molar-refractivity contribution in [1.29, 1.82) is 5.26 Å². The Morgan fingerprint density at radius 2 is 1.55 bits per heavy atom. The predicted molar refractivity (Wildman–Crippen MR) is 84.8 cm³/mol. The van der Waals surface area contributed by atoms with Crippen LogP contribution in [-0.2, 0) is 5.41 Å². The summed E-state index contributed by atoms with van der Waals surface area (Å²) in [6, 6.07) is 11.4. The summed E-state index contributed by atoms with van der Waals surface area (Å²) in [5.74, 6) is 0. The minimum atomic E-state index is -0.404. The highest BCUT2D eigenvalue weighted by Gasteiger charge is 2.19. The molecule has 2 heteroatoms. The van der Waals surface area contributed by atoms with Crippen molar-refractivity contribution in [3.8, 4) is 6.07 Å². The number of benzene rings is 1. The van der Waals surface area contributed by atoms with E-state index < -0.39 is 5.41 Å². The monoisotopic (exact) mass is 270 g/mol. The topological polar surface area (TPSA) is 35.8 Å². The van der Waals surface area contributed by atoms with E-state index in [4.69, 9.17) is 0 Å². The maximum Gasteiger partial charge on any atom is 0.0766 e. The lowest BCUT2D eigenvalue weighted by atomic mass is 9.86. The quantitative estimate of drug-likeness (QED) is 0.837. The summed E-state index contributed by atoms with van der Waals surface area (Å²) in [5, 5.41) is 12.8. The molecule has 0 aromatic heterocycles. The molecule has 1 aromatic carbocycles. The zero-order chi connectivity index (χ0) is 14.4. The zero-order valence-corrected chi connectivity index (χ0v) is 12.8. The number of hydrogen-bond acceptors (Lipinski definition) is 2. The van der Waals surface area contributed by atoms with Gasteiger partial charge in [0.15, 0.2) is 0 Å². The third kappa shape index (κ3) is 4.00. The molecule has 0 saturated heterocycles. The van der Waals surface area contributed by atoms with E-state index in [1.807, 2.05) is 13.8 Å².